The third kappa shape index (κ3) is 4.27. The number of aryl methyl sites for hydroxylation is 2. The molecule has 4 rings (SSSR count). The highest BCUT2D eigenvalue weighted by atomic mass is 16.6. The van der Waals surface area contributed by atoms with Gasteiger partial charge in [-0.25, -0.2) is 4.68 Å². The van der Waals surface area contributed by atoms with Crippen molar-refractivity contribution >= 4 is 11.6 Å². The summed E-state index contributed by atoms with van der Waals surface area (Å²) in [5.74, 6) is -0.0543. The summed E-state index contributed by atoms with van der Waals surface area (Å²) in [7, 11) is 0. The monoisotopic (exact) mass is 433 g/mol. The summed E-state index contributed by atoms with van der Waals surface area (Å²) in [4.78, 5) is 28.3. The van der Waals surface area contributed by atoms with Gasteiger partial charge in [0.25, 0.3) is 11.6 Å². The fraction of sp³-hybridized carbons (Fsp3) is 0.333. The van der Waals surface area contributed by atoms with Crippen LogP contribution in [0.5, 0.6) is 0 Å². The van der Waals surface area contributed by atoms with E-state index < -0.39 is 4.92 Å². The predicted octanol–water partition coefficient (Wildman–Crippen LogP) is 3.84. The molecule has 1 fully saturated rings. The standard InChI is InChI=1S/C24H27N5O3/c1-4-26-11-13-27(14-12-26)24(30)23-16-21(19-6-8-20(9-7-19)29(31)32)25-28(23)22-10-5-17(2)15-18(22)3/h5-10,15-16H,4,11-14H2,1-3H3. The molecular weight excluding hydrogens is 406 g/mol. The van der Waals surface area contributed by atoms with Gasteiger partial charge in [0.1, 0.15) is 5.69 Å². The lowest BCUT2D eigenvalue weighted by molar-refractivity contribution is -0.384. The Bertz CT molecular complexity index is 1140. The number of carbonyl (C=O) groups excluding carboxylic acids is 1. The average molecular weight is 434 g/mol. The Hall–Kier alpha value is -3.52. The van der Waals surface area contributed by atoms with Crippen molar-refractivity contribution in [3.05, 3.63) is 75.5 Å². The maximum Gasteiger partial charge on any atom is 0.272 e. The van der Waals surface area contributed by atoms with E-state index in [2.05, 4.69) is 17.9 Å². The Kier molecular flexibility index (Phi) is 6.05. The number of nitro benzene ring substituents is 1. The van der Waals surface area contributed by atoms with Crippen molar-refractivity contribution in [2.45, 2.75) is 20.8 Å². The van der Waals surface area contributed by atoms with Crippen LogP contribution in [-0.2, 0) is 0 Å². The molecule has 0 N–H and O–H groups in total. The molecule has 32 heavy (non-hydrogen) atoms. The highest BCUT2D eigenvalue weighted by Crippen LogP contribution is 2.26. The Balaban J connectivity index is 1.75. The molecule has 166 valence electrons. The van der Waals surface area contributed by atoms with Crippen molar-refractivity contribution in [1.82, 2.24) is 19.6 Å². The van der Waals surface area contributed by atoms with Crippen molar-refractivity contribution in [3.63, 3.8) is 0 Å². The molecule has 3 aromatic rings. The van der Waals surface area contributed by atoms with Crippen molar-refractivity contribution in [3.8, 4) is 16.9 Å². The summed E-state index contributed by atoms with van der Waals surface area (Å²) < 4.78 is 1.71. The van der Waals surface area contributed by atoms with Gasteiger partial charge in [-0.3, -0.25) is 14.9 Å². The van der Waals surface area contributed by atoms with Gasteiger partial charge in [-0.2, -0.15) is 5.10 Å². The van der Waals surface area contributed by atoms with Gasteiger partial charge in [0.05, 0.1) is 16.3 Å². The van der Waals surface area contributed by atoms with Crippen LogP contribution in [0.3, 0.4) is 0 Å². The molecule has 0 unspecified atom stereocenters. The first-order valence-electron chi connectivity index (χ1n) is 10.8. The molecule has 8 nitrogen and oxygen atoms in total. The Morgan fingerprint density at radius 1 is 1.03 bits per heavy atom. The van der Waals surface area contributed by atoms with E-state index in [4.69, 9.17) is 5.10 Å². The number of hydrogen-bond donors (Lipinski definition) is 0. The smallest absolute Gasteiger partial charge is 0.272 e. The summed E-state index contributed by atoms with van der Waals surface area (Å²) >= 11 is 0. The molecule has 1 aliphatic heterocycles. The molecule has 0 atom stereocenters. The van der Waals surface area contributed by atoms with Gasteiger partial charge in [-0.05, 0) is 50.2 Å². The molecule has 0 spiro atoms. The number of likely N-dealkylation sites (N-methyl/N-ethyl adjacent to an activating group) is 1. The largest absolute Gasteiger partial charge is 0.335 e. The van der Waals surface area contributed by atoms with Gasteiger partial charge in [-0.15, -0.1) is 0 Å². The summed E-state index contributed by atoms with van der Waals surface area (Å²) in [5.41, 5.74) is 4.85. The fourth-order valence-corrected chi connectivity index (χ4v) is 4.08. The third-order valence-corrected chi connectivity index (χ3v) is 5.99. The molecule has 1 aliphatic rings. The van der Waals surface area contributed by atoms with Crippen molar-refractivity contribution in [1.29, 1.82) is 0 Å². The SMILES string of the molecule is CCN1CCN(C(=O)c2cc(-c3ccc([N+](=O)[O-])cc3)nn2-c2ccc(C)cc2C)CC1. The van der Waals surface area contributed by atoms with Crippen molar-refractivity contribution in [2.75, 3.05) is 32.7 Å². The predicted molar refractivity (Wildman–Crippen MR) is 123 cm³/mol. The highest BCUT2D eigenvalue weighted by Gasteiger charge is 2.26. The maximum absolute atomic E-state index is 13.5. The van der Waals surface area contributed by atoms with Crippen LogP contribution in [0.2, 0.25) is 0 Å². The van der Waals surface area contributed by atoms with E-state index in [1.54, 1.807) is 22.9 Å². The van der Waals surface area contributed by atoms with E-state index in [9.17, 15) is 14.9 Å². The van der Waals surface area contributed by atoms with Crippen LogP contribution in [0.4, 0.5) is 5.69 Å². The van der Waals surface area contributed by atoms with E-state index in [-0.39, 0.29) is 11.6 Å². The van der Waals surface area contributed by atoms with E-state index in [0.29, 0.717) is 24.5 Å². The first kappa shape index (κ1) is 21.7. The van der Waals surface area contributed by atoms with Crippen molar-refractivity contribution in [2.24, 2.45) is 0 Å². The van der Waals surface area contributed by atoms with Crippen LogP contribution in [0.1, 0.15) is 28.5 Å². The lowest BCUT2D eigenvalue weighted by atomic mass is 10.1. The minimum atomic E-state index is -0.428. The fourth-order valence-electron chi connectivity index (χ4n) is 4.08. The molecular formula is C24H27N5O3. The van der Waals surface area contributed by atoms with Crippen LogP contribution in [-0.4, -0.2) is 63.1 Å². The summed E-state index contributed by atoms with van der Waals surface area (Å²) in [6, 6.07) is 14.1. The van der Waals surface area contributed by atoms with Gasteiger partial charge in [0.15, 0.2) is 0 Å². The van der Waals surface area contributed by atoms with E-state index in [0.717, 1.165) is 42.0 Å². The van der Waals surface area contributed by atoms with E-state index in [1.165, 1.54) is 12.1 Å². The summed E-state index contributed by atoms with van der Waals surface area (Å²) in [6.45, 7) is 10.2. The second-order valence-electron chi connectivity index (χ2n) is 8.15. The molecule has 1 amide bonds. The molecule has 2 heterocycles. The number of amides is 1. The second kappa shape index (κ2) is 8.92. The Morgan fingerprint density at radius 3 is 2.31 bits per heavy atom. The number of benzene rings is 2. The van der Waals surface area contributed by atoms with E-state index in [1.807, 2.05) is 30.9 Å². The van der Waals surface area contributed by atoms with Crippen molar-refractivity contribution < 1.29 is 9.72 Å². The molecule has 8 heteroatoms. The topological polar surface area (TPSA) is 84.5 Å². The second-order valence-corrected chi connectivity index (χ2v) is 8.15. The average Bonchev–Trinajstić information content (AvgIpc) is 3.24. The maximum atomic E-state index is 13.5. The summed E-state index contributed by atoms with van der Waals surface area (Å²) in [5, 5.41) is 15.8. The van der Waals surface area contributed by atoms with Crippen LogP contribution in [0, 0.1) is 24.0 Å². The number of nitro groups is 1. The molecule has 0 aliphatic carbocycles. The molecule has 0 radical (unpaired) electrons. The van der Waals surface area contributed by atoms with Crippen LogP contribution in [0.15, 0.2) is 48.5 Å². The zero-order chi connectivity index (χ0) is 22.8. The highest BCUT2D eigenvalue weighted by molar-refractivity contribution is 5.94. The Labute approximate surface area is 187 Å². The van der Waals surface area contributed by atoms with Gasteiger partial charge in [0.2, 0.25) is 0 Å². The quantitative estimate of drug-likeness (QED) is 0.451. The van der Waals surface area contributed by atoms with Crippen LogP contribution >= 0.6 is 0 Å². The number of aromatic nitrogens is 2. The first-order chi connectivity index (χ1) is 15.4. The Morgan fingerprint density at radius 2 is 1.72 bits per heavy atom. The number of carbonyl (C=O) groups is 1. The molecule has 2 aromatic carbocycles. The van der Waals surface area contributed by atoms with Gasteiger partial charge in [0, 0.05) is 43.9 Å². The lowest BCUT2D eigenvalue weighted by Crippen LogP contribution is -2.48. The van der Waals surface area contributed by atoms with Gasteiger partial charge >= 0.3 is 0 Å². The number of non-ortho nitro benzene ring substituents is 1. The zero-order valence-electron chi connectivity index (χ0n) is 18.6. The summed E-state index contributed by atoms with van der Waals surface area (Å²) in [6.07, 6.45) is 0. The van der Waals surface area contributed by atoms with E-state index >= 15 is 0 Å². The number of hydrogen-bond acceptors (Lipinski definition) is 5. The van der Waals surface area contributed by atoms with Gasteiger partial charge in [-0.1, -0.05) is 24.6 Å². The minimum absolute atomic E-state index is 0.0210. The van der Waals surface area contributed by atoms with Gasteiger partial charge < -0.3 is 9.80 Å². The van der Waals surface area contributed by atoms with Crippen LogP contribution in [0.25, 0.3) is 16.9 Å². The number of piperazine rings is 1. The zero-order valence-corrected chi connectivity index (χ0v) is 18.6. The molecule has 0 bridgehead atoms. The first-order valence-corrected chi connectivity index (χ1v) is 10.8. The third-order valence-electron chi connectivity index (χ3n) is 5.99. The number of rotatable bonds is 5. The van der Waals surface area contributed by atoms with Crippen LogP contribution < -0.4 is 0 Å². The molecule has 0 saturated carbocycles. The lowest BCUT2D eigenvalue weighted by Gasteiger charge is -2.34. The normalized spacial score (nSPS) is 14.5. The molecule has 1 saturated heterocycles. The molecule has 1 aromatic heterocycles. The number of nitrogens with zero attached hydrogens (tertiary/aromatic N) is 5. The minimum Gasteiger partial charge on any atom is -0.335 e.